The van der Waals surface area contributed by atoms with E-state index in [0.29, 0.717) is 11.3 Å². The van der Waals surface area contributed by atoms with E-state index in [1.807, 2.05) is 78.9 Å². The molecule has 3 nitrogen and oxygen atoms in total. The van der Waals surface area contributed by atoms with Gasteiger partial charge in [-0.2, -0.15) is 0 Å². The van der Waals surface area contributed by atoms with Gasteiger partial charge in [-0.25, -0.2) is 4.79 Å². The Bertz CT molecular complexity index is 2150. The van der Waals surface area contributed by atoms with Crippen LogP contribution >= 0.6 is 0 Å². The molecule has 3 heteroatoms. The van der Waals surface area contributed by atoms with Gasteiger partial charge in [0.1, 0.15) is 5.75 Å². The van der Waals surface area contributed by atoms with Crippen molar-refractivity contribution in [1.29, 1.82) is 0 Å². The van der Waals surface area contributed by atoms with Crippen molar-refractivity contribution in [2.45, 2.75) is 0 Å². The Morgan fingerprint density at radius 1 is 0.413 bits per heavy atom. The molecule has 7 aromatic rings. The standard InChI is InChI=1S/C43H32O3/c1-45-35-28-27-29-17-15-16-26-34(29)40(35)41-38(32-22-11-5-12-23-32)36(30-18-7-3-8-19-30)37(31-20-9-4-10-21-31)39(42(41)43(44)46-2)33-24-13-6-14-25-33/h3-28H,1-2H3. The van der Waals surface area contributed by atoms with Crippen LogP contribution in [0.15, 0.2) is 158 Å². The van der Waals surface area contributed by atoms with E-state index in [0.717, 1.165) is 66.4 Å². The molecule has 7 rings (SSSR count). The lowest BCUT2D eigenvalue weighted by Crippen LogP contribution is -2.11. The monoisotopic (exact) mass is 596 g/mol. The lowest BCUT2D eigenvalue weighted by molar-refractivity contribution is 0.0602. The van der Waals surface area contributed by atoms with Crippen molar-refractivity contribution >= 4 is 16.7 Å². The van der Waals surface area contributed by atoms with Crippen molar-refractivity contribution in [1.82, 2.24) is 0 Å². The van der Waals surface area contributed by atoms with Gasteiger partial charge in [0.2, 0.25) is 0 Å². The highest BCUT2D eigenvalue weighted by molar-refractivity contribution is 6.20. The van der Waals surface area contributed by atoms with Gasteiger partial charge in [0.25, 0.3) is 0 Å². The second kappa shape index (κ2) is 12.6. The number of fused-ring (bicyclic) bond motifs is 1. The molecule has 46 heavy (non-hydrogen) atoms. The fourth-order valence-electron chi connectivity index (χ4n) is 6.56. The molecule has 0 heterocycles. The zero-order valence-electron chi connectivity index (χ0n) is 25.7. The van der Waals surface area contributed by atoms with Crippen molar-refractivity contribution in [3.8, 4) is 61.4 Å². The van der Waals surface area contributed by atoms with Gasteiger partial charge in [-0.1, -0.05) is 152 Å². The van der Waals surface area contributed by atoms with Gasteiger partial charge >= 0.3 is 5.97 Å². The molecule has 0 saturated heterocycles. The Morgan fingerprint density at radius 2 is 0.826 bits per heavy atom. The van der Waals surface area contributed by atoms with Gasteiger partial charge in [-0.3, -0.25) is 0 Å². The van der Waals surface area contributed by atoms with Crippen LogP contribution in [0.1, 0.15) is 10.4 Å². The Labute approximate surface area is 269 Å². The first kappa shape index (κ1) is 28.8. The summed E-state index contributed by atoms with van der Waals surface area (Å²) in [6.45, 7) is 0. The van der Waals surface area contributed by atoms with Crippen LogP contribution < -0.4 is 4.74 Å². The highest BCUT2D eigenvalue weighted by atomic mass is 16.5. The SMILES string of the molecule is COC(=O)c1c(-c2ccccc2)c(-c2ccccc2)c(-c2ccccc2)c(-c2ccccc2)c1-c1c(OC)ccc2ccccc12. The number of esters is 1. The number of carbonyl (C=O) groups excluding carboxylic acids is 1. The fourth-order valence-corrected chi connectivity index (χ4v) is 6.56. The number of benzene rings is 7. The fraction of sp³-hybridized carbons (Fsp3) is 0.0465. The third-order valence-corrected chi connectivity index (χ3v) is 8.50. The van der Waals surface area contributed by atoms with Gasteiger partial charge in [0.05, 0.1) is 19.8 Å². The molecule has 222 valence electrons. The molecule has 0 atom stereocenters. The van der Waals surface area contributed by atoms with E-state index in [1.54, 1.807) is 7.11 Å². The van der Waals surface area contributed by atoms with Crippen LogP contribution in [-0.2, 0) is 4.74 Å². The normalized spacial score (nSPS) is 10.9. The Hall–Kier alpha value is -5.93. The number of rotatable bonds is 7. The topological polar surface area (TPSA) is 35.5 Å². The molecule has 0 radical (unpaired) electrons. The van der Waals surface area contributed by atoms with E-state index >= 15 is 0 Å². The van der Waals surface area contributed by atoms with Gasteiger partial charge in [0, 0.05) is 16.7 Å². The van der Waals surface area contributed by atoms with Crippen molar-refractivity contribution < 1.29 is 14.3 Å². The molecule has 0 saturated carbocycles. The summed E-state index contributed by atoms with van der Waals surface area (Å²) >= 11 is 0. The van der Waals surface area contributed by atoms with Crippen LogP contribution in [0, 0.1) is 0 Å². The number of methoxy groups -OCH3 is 2. The second-order valence-electron chi connectivity index (χ2n) is 11.1. The zero-order chi connectivity index (χ0) is 31.5. The molecule has 0 aliphatic rings. The molecule has 0 spiro atoms. The first-order valence-electron chi connectivity index (χ1n) is 15.3. The van der Waals surface area contributed by atoms with E-state index in [4.69, 9.17) is 9.47 Å². The summed E-state index contributed by atoms with van der Waals surface area (Å²) in [4.78, 5) is 14.5. The molecule has 0 aliphatic carbocycles. The van der Waals surface area contributed by atoms with Crippen LogP contribution in [0.5, 0.6) is 5.75 Å². The van der Waals surface area contributed by atoms with Gasteiger partial charge in [0.15, 0.2) is 0 Å². The predicted octanol–water partition coefficient (Wildman–Crippen LogP) is 11.0. The first-order valence-corrected chi connectivity index (χ1v) is 15.3. The zero-order valence-corrected chi connectivity index (χ0v) is 25.7. The molecule has 0 amide bonds. The highest BCUT2D eigenvalue weighted by Crippen LogP contribution is 2.55. The largest absolute Gasteiger partial charge is 0.496 e. The smallest absolute Gasteiger partial charge is 0.339 e. The summed E-state index contributed by atoms with van der Waals surface area (Å²) in [5.74, 6) is 0.254. The van der Waals surface area contributed by atoms with E-state index in [1.165, 1.54) is 7.11 Å². The summed E-state index contributed by atoms with van der Waals surface area (Å²) in [7, 11) is 3.14. The maximum Gasteiger partial charge on any atom is 0.339 e. The first-order chi connectivity index (χ1) is 22.7. The highest BCUT2D eigenvalue weighted by Gasteiger charge is 2.33. The lowest BCUT2D eigenvalue weighted by Gasteiger charge is -2.28. The second-order valence-corrected chi connectivity index (χ2v) is 11.1. The predicted molar refractivity (Wildman–Crippen MR) is 189 cm³/mol. The average molecular weight is 597 g/mol. The van der Waals surface area contributed by atoms with Crippen LogP contribution in [0.25, 0.3) is 66.4 Å². The Kier molecular flexibility index (Phi) is 7.89. The third kappa shape index (κ3) is 5.02. The molecule has 0 unspecified atom stereocenters. The summed E-state index contributed by atoms with van der Waals surface area (Å²) in [5.41, 5.74) is 9.75. The van der Waals surface area contributed by atoms with Gasteiger partial charge in [-0.05, 0) is 55.8 Å². The van der Waals surface area contributed by atoms with Crippen molar-refractivity contribution in [3.63, 3.8) is 0 Å². The number of carbonyl (C=O) groups is 1. The summed E-state index contributed by atoms with van der Waals surface area (Å²) in [6.07, 6.45) is 0. The minimum absolute atomic E-state index is 0.419. The Balaban J connectivity index is 1.85. The quantitative estimate of drug-likeness (QED) is 0.172. The minimum Gasteiger partial charge on any atom is -0.496 e. The molecular weight excluding hydrogens is 564 g/mol. The van der Waals surface area contributed by atoms with E-state index < -0.39 is 5.97 Å². The molecule has 7 aromatic carbocycles. The average Bonchev–Trinajstić information content (AvgIpc) is 3.14. The van der Waals surface area contributed by atoms with Gasteiger partial charge in [-0.15, -0.1) is 0 Å². The van der Waals surface area contributed by atoms with Crippen LogP contribution in [0.4, 0.5) is 0 Å². The minimum atomic E-state index is -0.419. The summed E-state index contributed by atoms with van der Waals surface area (Å²) in [6, 6.07) is 53.5. The van der Waals surface area contributed by atoms with Crippen molar-refractivity contribution in [3.05, 3.63) is 163 Å². The van der Waals surface area contributed by atoms with Crippen LogP contribution in [0.3, 0.4) is 0 Å². The number of hydrogen-bond donors (Lipinski definition) is 0. The number of hydrogen-bond acceptors (Lipinski definition) is 3. The molecule has 0 fully saturated rings. The maximum atomic E-state index is 14.5. The molecule has 0 aliphatic heterocycles. The molecule has 0 bridgehead atoms. The van der Waals surface area contributed by atoms with Crippen LogP contribution in [-0.4, -0.2) is 20.2 Å². The lowest BCUT2D eigenvalue weighted by atomic mass is 9.75. The summed E-state index contributed by atoms with van der Waals surface area (Å²) in [5, 5.41) is 2.03. The maximum absolute atomic E-state index is 14.5. The van der Waals surface area contributed by atoms with Crippen LogP contribution in [0.2, 0.25) is 0 Å². The van der Waals surface area contributed by atoms with Crippen molar-refractivity contribution in [2.75, 3.05) is 14.2 Å². The van der Waals surface area contributed by atoms with E-state index in [-0.39, 0.29) is 0 Å². The third-order valence-electron chi connectivity index (χ3n) is 8.50. The Morgan fingerprint density at radius 3 is 1.30 bits per heavy atom. The molecular formula is C43H32O3. The van der Waals surface area contributed by atoms with Gasteiger partial charge < -0.3 is 9.47 Å². The van der Waals surface area contributed by atoms with E-state index in [2.05, 4.69) is 78.9 Å². The van der Waals surface area contributed by atoms with Crippen molar-refractivity contribution in [2.24, 2.45) is 0 Å². The summed E-state index contributed by atoms with van der Waals surface area (Å²) < 4.78 is 11.8. The molecule has 0 N–H and O–H groups in total. The number of ether oxygens (including phenoxy) is 2. The van der Waals surface area contributed by atoms with E-state index in [9.17, 15) is 4.79 Å². The molecule has 0 aromatic heterocycles.